The summed E-state index contributed by atoms with van der Waals surface area (Å²) in [6.45, 7) is 12.3. The van der Waals surface area contributed by atoms with Crippen molar-refractivity contribution in [3.8, 4) is 16.9 Å². The molecule has 0 atom stereocenters. The predicted octanol–water partition coefficient (Wildman–Crippen LogP) is 6.25. The molecule has 1 fully saturated rings. The van der Waals surface area contributed by atoms with Crippen LogP contribution in [0.2, 0.25) is 25.7 Å². The van der Waals surface area contributed by atoms with E-state index in [1.165, 1.54) is 27.8 Å². The first kappa shape index (κ1) is 35.9. The van der Waals surface area contributed by atoms with Crippen LogP contribution >= 0.6 is 11.3 Å². The summed E-state index contributed by atoms with van der Waals surface area (Å²) in [4.78, 5) is 18.4. The minimum Gasteiger partial charge on any atom is -0.444 e. The Kier molecular flexibility index (Phi) is 9.60. The molecule has 1 amide bonds. The number of amides is 1. The van der Waals surface area contributed by atoms with Crippen molar-refractivity contribution in [2.75, 3.05) is 26.4 Å². The van der Waals surface area contributed by atoms with Gasteiger partial charge in [0.1, 0.15) is 17.9 Å². The molecule has 4 heterocycles. The molecule has 0 unspecified atom stereocenters. The van der Waals surface area contributed by atoms with Crippen molar-refractivity contribution < 1.29 is 35.9 Å². The average Bonchev–Trinajstić information content (AvgIpc) is 3.38. The maximum absolute atomic E-state index is 14.4. The maximum atomic E-state index is 14.4. The van der Waals surface area contributed by atoms with E-state index in [1.807, 2.05) is 0 Å². The highest BCUT2D eigenvalue weighted by Crippen LogP contribution is 2.45. The number of nitrogens with zero attached hydrogens (tertiary/aromatic N) is 7. The van der Waals surface area contributed by atoms with Gasteiger partial charge >= 0.3 is 12.3 Å². The number of fused-ring (bicyclic) bond motifs is 1. The van der Waals surface area contributed by atoms with E-state index in [0.29, 0.717) is 53.9 Å². The van der Waals surface area contributed by atoms with Gasteiger partial charge in [0, 0.05) is 39.5 Å². The summed E-state index contributed by atoms with van der Waals surface area (Å²) < 4.78 is 82.9. The van der Waals surface area contributed by atoms with Crippen molar-refractivity contribution >= 4 is 46.6 Å². The molecule has 0 saturated heterocycles. The second kappa shape index (κ2) is 12.8. The minimum atomic E-state index is -4.72. The molecule has 48 heavy (non-hydrogen) atoms. The summed E-state index contributed by atoms with van der Waals surface area (Å²) in [7, 11) is -5.88. The highest BCUT2D eigenvalue weighted by Gasteiger charge is 2.54. The highest BCUT2D eigenvalue weighted by molar-refractivity contribution is 7.89. The first-order valence-electron chi connectivity index (χ1n) is 15.4. The molecule has 3 aromatic heterocycles. The number of nitriles is 1. The Morgan fingerprint density at radius 2 is 1.92 bits per heavy atom. The summed E-state index contributed by atoms with van der Waals surface area (Å²) in [5.41, 5.74) is -0.377. The molecule has 1 aliphatic carbocycles. The number of aromatic nitrogens is 4. The van der Waals surface area contributed by atoms with Crippen LogP contribution in [0.1, 0.15) is 50.6 Å². The Hall–Kier alpha value is -3.37. The van der Waals surface area contributed by atoms with Gasteiger partial charge in [0.2, 0.25) is 15.0 Å². The van der Waals surface area contributed by atoms with Crippen molar-refractivity contribution in [1.29, 1.82) is 5.26 Å². The number of hydrogen-bond donors (Lipinski definition) is 0. The second-order valence-electron chi connectivity index (χ2n) is 14.1. The number of rotatable bonds is 10. The average molecular weight is 726 g/mol. The van der Waals surface area contributed by atoms with Crippen molar-refractivity contribution in [2.24, 2.45) is 0 Å². The Bertz CT molecular complexity index is 1880. The van der Waals surface area contributed by atoms with Crippen LogP contribution in [0, 0.1) is 11.3 Å². The van der Waals surface area contributed by atoms with Gasteiger partial charge in [-0.05, 0) is 57.7 Å². The third-order valence-electron chi connectivity index (χ3n) is 7.88. The molecule has 0 radical (unpaired) electrons. The van der Waals surface area contributed by atoms with Crippen LogP contribution in [0.4, 0.5) is 18.0 Å². The van der Waals surface area contributed by atoms with Gasteiger partial charge in [-0.25, -0.2) is 18.2 Å². The fourth-order valence-electron chi connectivity index (χ4n) is 5.07. The monoisotopic (exact) mass is 725 g/mol. The van der Waals surface area contributed by atoms with E-state index in [-0.39, 0.29) is 35.5 Å². The molecule has 3 aromatic rings. The largest absolute Gasteiger partial charge is 0.445 e. The summed E-state index contributed by atoms with van der Waals surface area (Å²) in [6.07, 6.45) is 0.301. The molecule has 12 nitrogen and oxygen atoms in total. The van der Waals surface area contributed by atoms with Gasteiger partial charge in [-0.1, -0.05) is 37.1 Å². The van der Waals surface area contributed by atoms with Crippen molar-refractivity contribution in [3.05, 3.63) is 35.1 Å². The third kappa shape index (κ3) is 7.75. The van der Waals surface area contributed by atoms with E-state index in [1.54, 1.807) is 26.8 Å². The number of halogens is 3. The maximum Gasteiger partial charge on any atom is 0.445 e. The summed E-state index contributed by atoms with van der Waals surface area (Å²) in [6, 6.07) is 4.43. The fourth-order valence-corrected chi connectivity index (χ4v) is 8.19. The van der Waals surface area contributed by atoms with Crippen molar-refractivity contribution in [3.63, 3.8) is 0 Å². The second-order valence-corrected chi connectivity index (χ2v) is 22.5. The molecule has 0 bridgehead atoms. The molecule has 5 rings (SSSR count). The molecule has 0 aromatic carbocycles. The highest BCUT2D eigenvalue weighted by atomic mass is 32.2. The van der Waals surface area contributed by atoms with E-state index in [9.17, 15) is 31.6 Å². The lowest BCUT2D eigenvalue weighted by molar-refractivity contribution is -0.138. The smallest absolute Gasteiger partial charge is 0.444 e. The van der Waals surface area contributed by atoms with Crippen LogP contribution in [0.25, 0.3) is 21.9 Å². The topological polar surface area (TPSA) is 143 Å². The Morgan fingerprint density at radius 1 is 1.21 bits per heavy atom. The van der Waals surface area contributed by atoms with Crippen LogP contribution in [-0.2, 0) is 25.7 Å². The van der Waals surface area contributed by atoms with Gasteiger partial charge in [0.05, 0.1) is 22.7 Å². The van der Waals surface area contributed by atoms with Gasteiger partial charge in [-0.2, -0.15) is 22.7 Å². The molecule has 0 N–H and O–H groups in total. The molecule has 260 valence electrons. The number of ether oxygens (including phenoxy) is 2. The molecular formula is C30H38F3N7O5S2Si. The molecule has 1 aliphatic heterocycles. The quantitative estimate of drug-likeness (QED) is 0.135. The fraction of sp³-hybridized carbons (Fsp3) is 0.567. The van der Waals surface area contributed by atoms with Gasteiger partial charge in [-0.15, -0.1) is 10.2 Å². The van der Waals surface area contributed by atoms with Crippen LogP contribution in [-0.4, -0.2) is 88.9 Å². The summed E-state index contributed by atoms with van der Waals surface area (Å²) >= 11 is 0.292. The standard InChI is InChI=1S/C30H38F3N7O5S2Si/c1-28(2,3)45-27(41)38-11-7-20(8-12-38)22-15-21(17-39-23(22)16-35-24(39)25-36-37-26(46-25)30(31,32)33)47(42,43)40(29(18-34)9-10-29)19-44-13-14-48(4,5)6/h7,15-17H,8-14,19H2,1-6H3. The number of pyridine rings is 1. The zero-order valence-corrected chi connectivity index (χ0v) is 30.2. The van der Waals surface area contributed by atoms with Crippen molar-refractivity contribution in [2.45, 2.75) is 87.9 Å². The Labute approximate surface area is 282 Å². The third-order valence-corrected chi connectivity index (χ3v) is 12.4. The number of hydrogen-bond acceptors (Lipinski definition) is 10. The number of imidazole rings is 1. The zero-order chi connectivity index (χ0) is 35.3. The molecular weight excluding hydrogens is 688 g/mol. The molecule has 18 heteroatoms. The van der Waals surface area contributed by atoms with Gasteiger partial charge in [0.15, 0.2) is 10.8 Å². The van der Waals surface area contributed by atoms with E-state index in [0.717, 1.165) is 10.3 Å². The van der Waals surface area contributed by atoms with Gasteiger partial charge < -0.3 is 14.4 Å². The number of carbonyl (C=O) groups excluding carboxylic acids is 1. The number of alkyl halides is 3. The van der Waals surface area contributed by atoms with Gasteiger partial charge in [-0.3, -0.25) is 4.40 Å². The normalized spacial score (nSPS) is 17.0. The van der Waals surface area contributed by atoms with E-state index < -0.39 is 46.5 Å². The summed E-state index contributed by atoms with van der Waals surface area (Å²) in [5.74, 6) is -0.0255. The van der Waals surface area contributed by atoms with E-state index >= 15 is 0 Å². The SMILES string of the molecule is CC(C)(C)OC(=O)N1CC=C(c2cc(S(=O)(=O)N(COCC[Si](C)(C)C)C3(C#N)CC3)cn3c(-c4nnc(C(F)(F)F)s4)ncc23)CC1. The van der Waals surface area contributed by atoms with Crippen LogP contribution in [0.5, 0.6) is 0 Å². The molecule has 2 aliphatic rings. The minimum absolute atomic E-state index is 0.0255. The van der Waals surface area contributed by atoms with Crippen LogP contribution < -0.4 is 0 Å². The van der Waals surface area contributed by atoms with Crippen LogP contribution in [0.15, 0.2) is 29.4 Å². The van der Waals surface area contributed by atoms with Gasteiger partial charge in [0.25, 0.3) is 0 Å². The Balaban J connectivity index is 1.59. The molecule has 0 spiro atoms. The summed E-state index contributed by atoms with van der Waals surface area (Å²) in [5, 5.41) is 15.7. The Morgan fingerprint density at radius 3 is 2.46 bits per heavy atom. The lowest BCUT2D eigenvalue weighted by Crippen LogP contribution is -2.43. The number of carbonyl (C=O) groups is 1. The zero-order valence-electron chi connectivity index (χ0n) is 27.6. The van der Waals surface area contributed by atoms with E-state index in [2.05, 4.69) is 40.9 Å². The van der Waals surface area contributed by atoms with E-state index in [4.69, 9.17) is 9.47 Å². The first-order valence-corrected chi connectivity index (χ1v) is 21.3. The van der Waals surface area contributed by atoms with Crippen molar-refractivity contribution in [1.82, 2.24) is 28.8 Å². The number of sulfonamides is 1. The van der Waals surface area contributed by atoms with Crippen LogP contribution in [0.3, 0.4) is 0 Å². The first-order chi connectivity index (χ1) is 22.2. The predicted molar refractivity (Wildman–Crippen MR) is 175 cm³/mol. The molecule has 1 saturated carbocycles. The lowest BCUT2D eigenvalue weighted by atomic mass is 9.99. The lowest BCUT2D eigenvalue weighted by Gasteiger charge is -2.30.